The van der Waals surface area contributed by atoms with Crippen LogP contribution in [0.25, 0.3) is 0 Å². The molecule has 0 aliphatic carbocycles. The van der Waals surface area contributed by atoms with Crippen molar-refractivity contribution in [3.05, 3.63) is 46.1 Å². The highest BCUT2D eigenvalue weighted by molar-refractivity contribution is 8.00. The lowest BCUT2D eigenvalue weighted by Gasteiger charge is -2.49. The van der Waals surface area contributed by atoms with Crippen molar-refractivity contribution in [1.29, 1.82) is 0 Å². The first-order valence-electron chi connectivity index (χ1n) is 11.8. The molecule has 1 fully saturated rings. The van der Waals surface area contributed by atoms with Crippen LogP contribution in [-0.2, 0) is 28.8 Å². The van der Waals surface area contributed by atoms with E-state index in [9.17, 15) is 44.4 Å². The highest BCUT2D eigenvalue weighted by Gasteiger charge is 2.54. The van der Waals surface area contributed by atoms with Gasteiger partial charge in [-0.05, 0) is 32.0 Å². The lowest BCUT2D eigenvalue weighted by atomic mass is 10.0. The van der Waals surface area contributed by atoms with Crippen LogP contribution in [-0.4, -0.2) is 95.1 Å². The molecular weight excluding hydrogens is 598 g/mol. The van der Waals surface area contributed by atoms with Crippen molar-refractivity contribution in [3.63, 3.8) is 0 Å². The van der Waals surface area contributed by atoms with Gasteiger partial charge in [-0.25, -0.2) is 19.4 Å². The summed E-state index contributed by atoms with van der Waals surface area (Å²) >= 11 is 2.08. The molecule has 222 valence electrons. The zero-order chi connectivity index (χ0) is 30.9. The summed E-state index contributed by atoms with van der Waals surface area (Å²) in [5.41, 5.74) is 2.96. The van der Waals surface area contributed by atoms with Crippen molar-refractivity contribution in [1.82, 2.24) is 15.2 Å². The van der Waals surface area contributed by atoms with Gasteiger partial charge < -0.3 is 41.1 Å². The summed E-state index contributed by atoms with van der Waals surface area (Å²) in [7, 11) is 0. The first-order chi connectivity index (χ1) is 19.7. The van der Waals surface area contributed by atoms with Gasteiger partial charge in [-0.15, -0.1) is 23.1 Å². The number of ether oxygens (including phenoxy) is 1. The number of aromatic nitrogens is 1. The quantitative estimate of drug-likeness (QED) is 0.0687. The van der Waals surface area contributed by atoms with Gasteiger partial charge in [0.2, 0.25) is 5.60 Å². The maximum absolute atomic E-state index is 13.2. The van der Waals surface area contributed by atoms with Crippen molar-refractivity contribution in [3.8, 4) is 11.5 Å². The molecule has 1 saturated heterocycles. The average molecular weight is 622 g/mol. The first kappa shape index (κ1) is 30.1. The summed E-state index contributed by atoms with van der Waals surface area (Å²) in [6, 6.07) is 2.08. The summed E-state index contributed by atoms with van der Waals surface area (Å²) < 4.78 is 5.17. The van der Waals surface area contributed by atoms with Gasteiger partial charge in [0.25, 0.3) is 11.8 Å². The number of oxime groups is 1. The zero-order valence-corrected chi connectivity index (χ0v) is 23.4. The van der Waals surface area contributed by atoms with Gasteiger partial charge in [-0.1, -0.05) is 5.16 Å². The van der Waals surface area contributed by atoms with Crippen LogP contribution in [0.5, 0.6) is 11.5 Å². The fourth-order valence-corrected chi connectivity index (χ4v) is 5.57. The number of carboxylic acid groups (broad SMARTS) is 2. The number of benzene rings is 1. The van der Waals surface area contributed by atoms with Crippen molar-refractivity contribution in [2.24, 2.45) is 5.16 Å². The molecule has 1 aromatic carbocycles. The number of nitrogens with one attached hydrogen (secondary N) is 1. The fraction of sp³-hybridized carbons (Fsp3) is 0.292. The summed E-state index contributed by atoms with van der Waals surface area (Å²) in [6.07, 6.45) is 0. The minimum absolute atomic E-state index is 0.0238. The number of amides is 2. The van der Waals surface area contributed by atoms with Gasteiger partial charge in [-0.2, -0.15) is 0 Å². The second kappa shape index (κ2) is 11.6. The molecule has 2 aliphatic heterocycles. The average Bonchev–Trinajstić information content (AvgIpc) is 3.36. The maximum Gasteiger partial charge on any atom is 0.352 e. The molecule has 0 unspecified atom stereocenters. The Morgan fingerprint density at radius 2 is 1.93 bits per heavy atom. The second-order valence-electron chi connectivity index (χ2n) is 9.32. The Morgan fingerprint density at radius 1 is 1.21 bits per heavy atom. The molecule has 4 rings (SSSR count). The van der Waals surface area contributed by atoms with E-state index in [0.29, 0.717) is 0 Å². The minimum Gasteiger partial charge on any atom is -0.504 e. The van der Waals surface area contributed by atoms with Crippen LogP contribution in [0.15, 0.2) is 40.0 Å². The number of fused-ring (bicyclic) bond motifs is 1. The number of carboxylic acids is 2. The number of hydrogen-bond acceptors (Lipinski definition) is 14. The Kier molecular flexibility index (Phi) is 8.30. The number of anilines is 1. The van der Waals surface area contributed by atoms with E-state index < -0.39 is 76.3 Å². The molecule has 2 atom stereocenters. The Bertz CT molecular complexity index is 1550. The lowest BCUT2D eigenvalue weighted by molar-refractivity contribution is -0.161. The van der Waals surface area contributed by atoms with E-state index in [1.807, 2.05) is 0 Å². The molecule has 0 saturated carbocycles. The number of aromatic hydroxyl groups is 2. The van der Waals surface area contributed by atoms with Crippen molar-refractivity contribution < 1.29 is 54.0 Å². The van der Waals surface area contributed by atoms with Crippen LogP contribution < -0.4 is 11.1 Å². The Morgan fingerprint density at radius 3 is 2.52 bits per heavy atom. The maximum atomic E-state index is 13.2. The van der Waals surface area contributed by atoms with Crippen molar-refractivity contribution in [2.75, 3.05) is 18.1 Å². The number of thioether (sulfide) groups is 1. The SMILES string of the molecule is CC(C)(O/N=C(/C(=O)N[C@@H]1C(=O)N2C(C(=O)O)=C(COC(=O)c3ccc(O)c(O)c3)CS[C@H]12)c1csc(N)n1)C(=O)O. The van der Waals surface area contributed by atoms with E-state index in [1.54, 1.807) is 0 Å². The number of thiazole rings is 1. The number of nitrogen functional groups attached to an aromatic ring is 1. The largest absolute Gasteiger partial charge is 0.504 e. The molecule has 0 spiro atoms. The molecule has 16 nitrogen and oxygen atoms in total. The smallest absolute Gasteiger partial charge is 0.352 e. The lowest BCUT2D eigenvalue weighted by Crippen LogP contribution is -2.71. The molecule has 2 aliphatic rings. The number of β-lactam (4-membered cyclic amide) rings is 1. The number of phenolic OH excluding ortho intramolecular Hbond substituents is 2. The first-order valence-corrected chi connectivity index (χ1v) is 13.7. The summed E-state index contributed by atoms with van der Waals surface area (Å²) in [5.74, 6) is -6.41. The van der Waals surface area contributed by atoms with Gasteiger partial charge in [0.15, 0.2) is 22.3 Å². The van der Waals surface area contributed by atoms with Crippen LogP contribution in [0.3, 0.4) is 0 Å². The highest BCUT2D eigenvalue weighted by Crippen LogP contribution is 2.40. The van der Waals surface area contributed by atoms with Gasteiger partial charge in [0, 0.05) is 16.7 Å². The number of rotatable bonds is 10. The Labute approximate surface area is 244 Å². The van der Waals surface area contributed by atoms with Crippen LogP contribution in [0, 0.1) is 0 Å². The number of nitrogens with zero attached hydrogens (tertiary/aromatic N) is 3. The number of aliphatic carboxylic acids is 2. The van der Waals surface area contributed by atoms with Gasteiger partial charge in [0.1, 0.15) is 29.4 Å². The van der Waals surface area contributed by atoms with Gasteiger partial charge in [0.05, 0.1) is 5.56 Å². The third-order valence-electron chi connectivity index (χ3n) is 5.98. The summed E-state index contributed by atoms with van der Waals surface area (Å²) in [6.45, 7) is 1.93. The normalized spacial score (nSPS) is 18.6. The molecule has 3 heterocycles. The standard InChI is InChI=1S/C24H23N5O11S2/c1-24(2,22(37)38)40-28-14(11-8-42-23(25)26-11)17(32)27-15-18(33)29-16(20(34)35)10(7-41-19(15)29)6-39-21(36)9-3-4-12(30)13(31)5-9/h3-5,8,15,19,30-31H,6-7H2,1-2H3,(H2,25,26)(H,27,32)(H,34,35)(H,37,38)/b28-14+/t15-,19-/m1/s1. The molecule has 42 heavy (non-hydrogen) atoms. The summed E-state index contributed by atoms with van der Waals surface area (Å²) in [4.78, 5) is 72.0. The predicted octanol–water partition coefficient (Wildman–Crippen LogP) is 0.316. The van der Waals surface area contributed by atoms with Crippen LogP contribution in [0.2, 0.25) is 0 Å². The third kappa shape index (κ3) is 5.93. The molecule has 0 bridgehead atoms. The molecular formula is C24H23N5O11S2. The van der Waals surface area contributed by atoms with Crippen LogP contribution in [0.4, 0.5) is 5.13 Å². The molecule has 1 aromatic heterocycles. The number of carbonyl (C=O) groups is 5. The Hall–Kier alpha value is -4.84. The van der Waals surface area contributed by atoms with Crippen molar-refractivity contribution in [2.45, 2.75) is 30.9 Å². The topological polar surface area (TPSA) is 251 Å². The van der Waals surface area contributed by atoms with E-state index >= 15 is 0 Å². The van der Waals surface area contributed by atoms with E-state index in [-0.39, 0.29) is 27.7 Å². The number of hydrogen-bond donors (Lipinski definition) is 6. The fourth-order valence-electron chi connectivity index (χ4n) is 3.69. The van der Waals surface area contributed by atoms with Gasteiger partial charge in [-0.3, -0.25) is 14.5 Å². The van der Waals surface area contributed by atoms with Crippen LogP contribution >= 0.6 is 23.1 Å². The number of esters is 1. The van der Waals surface area contributed by atoms with E-state index in [2.05, 4.69) is 15.5 Å². The molecule has 2 amide bonds. The highest BCUT2D eigenvalue weighted by atomic mass is 32.2. The van der Waals surface area contributed by atoms with Crippen molar-refractivity contribution >= 4 is 63.7 Å². The molecule has 7 N–H and O–H groups in total. The van der Waals surface area contributed by atoms with Gasteiger partial charge >= 0.3 is 17.9 Å². The second-order valence-corrected chi connectivity index (χ2v) is 11.3. The zero-order valence-electron chi connectivity index (χ0n) is 21.8. The monoisotopic (exact) mass is 621 g/mol. The number of carbonyl (C=O) groups excluding carboxylic acids is 3. The van der Waals surface area contributed by atoms with E-state index in [1.165, 1.54) is 25.3 Å². The number of nitrogens with two attached hydrogens (primary N) is 1. The van der Waals surface area contributed by atoms with E-state index in [0.717, 1.165) is 40.1 Å². The summed E-state index contributed by atoms with van der Waals surface area (Å²) in [5, 5.41) is 44.9. The predicted molar refractivity (Wildman–Crippen MR) is 146 cm³/mol. The third-order valence-corrected chi connectivity index (χ3v) is 8.00. The Balaban J connectivity index is 1.50. The molecule has 18 heteroatoms. The number of phenols is 2. The molecule has 2 aromatic rings. The van der Waals surface area contributed by atoms with Crippen LogP contribution in [0.1, 0.15) is 29.9 Å². The minimum atomic E-state index is -1.81. The molecule has 0 radical (unpaired) electrons. The van der Waals surface area contributed by atoms with E-state index in [4.69, 9.17) is 15.3 Å².